The molecule has 2 atom stereocenters. The van der Waals surface area contributed by atoms with Gasteiger partial charge in [-0.05, 0) is 54.3 Å². The van der Waals surface area contributed by atoms with E-state index in [2.05, 4.69) is 43.6 Å². The Bertz CT molecular complexity index is 1510. The van der Waals surface area contributed by atoms with Crippen LogP contribution in [0.3, 0.4) is 0 Å². The summed E-state index contributed by atoms with van der Waals surface area (Å²) in [6.07, 6.45) is 6.92. The van der Waals surface area contributed by atoms with Crippen molar-refractivity contribution in [2.75, 3.05) is 17.6 Å². The van der Waals surface area contributed by atoms with Crippen molar-refractivity contribution in [1.29, 1.82) is 0 Å². The number of pyridine rings is 2. The van der Waals surface area contributed by atoms with Crippen LogP contribution in [-0.4, -0.2) is 37.6 Å². The van der Waals surface area contributed by atoms with Gasteiger partial charge in [0.1, 0.15) is 23.8 Å². The summed E-state index contributed by atoms with van der Waals surface area (Å²) in [5, 5.41) is 7.26. The number of nitrogens with one attached hydrogen (secondary N) is 2. The third kappa shape index (κ3) is 5.39. The van der Waals surface area contributed by atoms with Gasteiger partial charge in [-0.3, -0.25) is 9.78 Å². The quantitative estimate of drug-likeness (QED) is 0.327. The molecule has 0 fully saturated rings. The Hall–Kier alpha value is -4.05. The molecule has 8 nitrogen and oxygen atoms in total. The highest BCUT2D eigenvalue weighted by atomic mass is 32.2. The van der Waals surface area contributed by atoms with E-state index >= 15 is 0 Å². The van der Waals surface area contributed by atoms with Gasteiger partial charge in [-0.2, -0.15) is 0 Å². The number of aromatic nitrogens is 4. The van der Waals surface area contributed by atoms with Gasteiger partial charge < -0.3 is 16.4 Å². The number of benzene rings is 1. The second kappa shape index (κ2) is 10.5. The number of carbonyl (C=O) groups excluding carboxylic acids is 1. The minimum Gasteiger partial charge on any atom is -0.383 e. The molecule has 10 heteroatoms. The topological polar surface area (TPSA) is 119 Å². The summed E-state index contributed by atoms with van der Waals surface area (Å²) in [6.45, 7) is 4.56. The fourth-order valence-corrected chi connectivity index (χ4v) is 5.47. The highest BCUT2D eigenvalue weighted by Crippen LogP contribution is 2.43. The van der Waals surface area contributed by atoms with Gasteiger partial charge in [0.15, 0.2) is 0 Å². The average Bonchev–Trinajstić information content (AvgIpc) is 3.28. The number of amides is 1. The van der Waals surface area contributed by atoms with Gasteiger partial charge in [-0.1, -0.05) is 19.1 Å². The number of hydrogen-bond donors (Lipinski definition) is 3. The molecule has 188 valence electrons. The van der Waals surface area contributed by atoms with Crippen molar-refractivity contribution in [1.82, 2.24) is 25.3 Å². The number of anilines is 2. The van der Waals surface area contributed by atoms with Gasteiger partial charge in [0.25, 0.3) is 5.91 Å². The summed E-state index contributed by atoms with van der Waals surface area (Å²) in [7, 11) is 0. The molecule has 1 aliphatic heterocycles. The normalized spacial score (nSPS) is 17.0. The summed E-state index contributed by atoms with van der Waals surface area (Å²) in [5.41, 5.74) is 9.28. The number of thioether (sulfide) groups is 1. The van der Waals surface area contributed by atoms with Crippen LogP contribution < -0.4 is 16.4 Å². The fourth-order valence-electron chi connectivity index (χ4n) is 4.12. The molecule has 4 aromatic rings. The Morgan fingerprint density at radius 3 is 2.86 bits per heavy atom. The zero-order chi connectivity index (χ0) is 25.9. The summed E-state index contributed by atoms with van der Waals surface area (Å²) < 4.78 is 13.8. The number of nitrogen functional groups attached to an aromatic ring is 1. The van der Waals surface area contributed by atoms with Gasteiger partial charge in [-0.15, -0.1) is 11.8 Å². The molecule has 0 saturated heterocycles. The van der Waals surface area contributed by atoms with E-state index in [4.69, 9.17) is 5.73 Å². The third-order valence-corrected chi connectivity index (χ3v) is 7.81. The molecule has 0 bridgehead atoms. The van der Waals surface area contributed by atoms with Crippen LogP contribution in [0.15, 0.2) is 61.2 Å². The van der Waals surface area contributed by atoms with E-state index in [9.17, 15) is 9.18 Å². The predicted molar refractivity (Wildman–Crippen MR) is 145 cm³/mol. The molecule has 4 heterocycles. The SMILES string of the molecule is Cc1ncc(CNC(=O)c2cccnc2NCC2SC(c3ccc4ncnc(N)c4c3)=CC2C)cc1F. The van der Waals surface area contributed by atoms with E-state index in [1.807, 2.05) is 18.2 Å². The predicted octanol–water partition coefficient (Wildman–Crippen LogP) is 4.58. The molecule has 1 aromatic carbocycles. The molecule has 1 amide bonds. The van der Waals surface area contributed by atoms with Crippen molar-refractivity contribution in [3.63, 3.8) is 0 Å². The van der Waals surface area contributed by atoms with Gasteiger partial charge in [0.2, 0.25) is 0 Å². The average molecular weight is 516 g/mol. The number of rotatable bonds is 7. The van der Waals surface area contributed by atoms with E-state index in [0.29, 0.717) is 40.9 Å². The number of carbonyl (C=O) groups is 1. The van der Waals surface area contributed by atoms with Crippen LogP contribution >= 0.6 is 11.8 Å². The lowest BCUT2D eigenvalue weighted by Crippen LogP contribution is -2.26. The molecule has 4 N–H and O–H groups in total. The van der Waals surface area contributed by atoms with E-state index in [1.54, 1.807) is 43.2 Å². The maximum Gasteiger partial charge on any atom is 0.255 e. The van der Waals surface area contributed by atoms with Crippen LogP contribution in [0.4, 0.5) is 16.0 Å². The zero-order valence-electron chi connectivity index (χ0n) is 20.4. The number of nitrogens with zero attached hydrogens (tertiary/aromatic N) is 4. The summed E-state index contributed by atoms with van der Waals surface area (Å²) in [4.78, 5) is 30.8. The van der Waals surface area contributed by atoms with Gasteiger partial charge in [0.05, 0.1) is 16.8 Å². The lowest BCUT2D eigenvalue weighted by Gasteiger charge is -2.17. The lowest BCUT2D eigenvalue weighted by atomic mass is 10.0. The molecule has 0 saturated carbocycles. The van der Waals surface area contributed by atoms with Crippen LogP contribution in [0, 0.1) is 18.7 Å². The van der Waals surface area contributed by atoms with Crippen LogP contribution in [0.25, 0.3) is 15.8 Å². The first-order chi connectivity index (χ1) is 17.9. The number of hydrogen-bond acceptors (Lipinski definition) is 8. The van der Waals surface area contributed by atoms with E-state index in [1.165, 1.54) is 17.3 Å². The third-order valence-electron chi connectivity index (χ3n) is 6.29. The molecular formula is C27H26FN7OS. The first kappa shape index (κ1) is 24.6. The van der Waals surface area contributed by atoms with Crippen LogP contribution in [-0.2, 0) is 6.54 Å². The molecule has 0 spiro atoms. The van der Waals surface area contributed by atoms with Crippen molar-refractivity contribution < 1.29 is 9.18 Å². The molecule has 3 aromatic heterocycles. The lowest BCUT2D eigenvalue weighted by molar-refractivity contribution is 0.0951. The Morgan fingerprint density at radius 2 is 2.03 bits per heavy atom. The molecular weight excluding hydrogens is 489 g/mol. The number of halogens is 1. The number of allylic oxidation sites excluding steroid dienone is 1. The molecule has 37 heavy (non-hydrogen) atoms. The van der Waals surface area contributed by atoms with Gasteiger partial charge in [0, 0.05) is 41.0 Å². The molecule has 5 rings (SSSR count). The highest BCUT2D eigenvalue weighted by Gasteiger charge is 2.26. The van der Waals surface area contributed by atoms with E-state index in [0.717, 1.165) is 16.5 Å². The fraction of sp³-hybridized carbons (Fsp3) is 0.222. The van der Waals surface area contributed by atoms with Crippen LogP contribution in [0.2, 0.25) is 0 Å². The first-order valence-corrected chi connectivity index (χ1v) is 12.7. The van der Waals surface area contributed by atoms with Gasteiger partial charge in [-0.25, -0.2) is 19.3 Å². The second-order valence-corrected chi connectivity index (χ2v) is 10.2. The standard InChI is InChI=1S/C27H26FN7OS/c1-15-8-23(18-5-6-22-20(10-18)25(29)35-14-34-22)37-24(15)13-32-26-19(4-3-7-30-26)27(36)33-12-17-9-21(28)16(2)31-11-17/h3-11,14-15,24H,12-13H2,1-2H3,(H,30,32)(H,33,36)(H2,29,34,35). The molecule has 0 aliphatic carbocycles. The maximum absolute atomic E-state index is 13.8. The second-order valence-electron chi connectivity index (χ2n) is 8.91. The monoisotopic (exact) mass is 515 g/mol. The summed E-state index contributed by atoms with van der Waals surface area (Å²) >= 11 is 1.78. The minimum absolute atomic E-state index is 0.168. The molecule has 0 radical (unpaired) electrons. The van der Waals surface area contributed by atoms with Crippen LogP contribution in [0.1, 0.15) is 34.1 Å². The number of fused-ring (bicyclic) bond motifs is 1. The first-order valence-electron chi connectivity index (χ1n) is 11.9. The smallest absolute Gasteiger partial charge is 0.255 e. The van der Waals surface area contributed by atoms with E-state index < -0.39 is 5.82 Å². The molecule has 1 aliphatic rings. The summed E-state index contributed by atoms with van der Waals surface area (Å²) in [6, 6.07) is 10.9. The Balaban J connectivity index is 1.23. The molecule has 2 unspecified atom stereocenters. The zero-order valence-corrected chi connectivity index (χ0v) is 21.2. The highest BCUT2D eigenvalue weighted by molar-refractivity contribution is 8.09. The Kier molecular flexibility index (Phi) is 7.00. The van der Waals surface area contributed by atoms with Crippen molar-refractivity contribution in [2.24, 2.45) is 5.92 Å². The maximum atomic E-state index is 13.8. The van der Waals surface area contributed by atoms with Crippen molar-refractivity contribution in [3.05, 3.63) is 89.4 Å². The largest absolute Gasteiger partial charge is 0.383 e. The minimum atomic E-state index is -0.396. The Morgan fingerprint density at radius 1 is 1.16 bits per heavy atom. The van der Waals surface area contributed by atoms with Crippen LogP contribution in [0.5, 0.6) is 0 Å². The Labute approximate surface area is 218 Å². The van der Waals surface area contributed by atoms with E-state index in [-0.39, 0.29) is 17.7 Å². The number of aryl methyl sites for hydroxylation is 1. The van der Waals surface area contributed by atoms with Crippen molar-refractivity contribution in [2.45, 2.75) is 25.6 Å². The van der Waals surface area contributed by atoms with Crippen molar-refractivity contribution in [3.8, 4) is 0 Å². The number of nitrogens with two attached hydrogens (primary N) is 1. The van der Waals surface area contributed by atoms with Gasteiger partial charge >= 0.3 is 0 Å². The summed E-state index contributed by atoms with van der Waals surface area (Å²) in [5.74, 6) is 0.583. The van der Waals surface area contributed by atoms with Crippen molar-refractivity contribution >= 4 is 45.1 Å².